The third-order valence-electron chi connectivity index (χ3n) is 8.11. The van der Waals surface area contributed by atoms with Crippen molar-refractivity contribution in [2.45, 2.75) is 90.4 Å². The molecule has 1 unspecified atom stereocenters. The average Bonchev–Trinajstić information content (AvgIpc) is 2.82. The van der Waals surface area contributed by atoms with E-state index in [4.69, 9.17) is 0 Å². The highest BCUT2D eigenvalue weighted by molar-refractivity contribution is 5.46. The van der Waals surface area contributed by atoms with Crippen molar-refractivity contribution < 1.29 is 8.78 Å². The van der Waals surface area contributed by atoms with Gasteiger partial charge in [-0.05, 0) is 92.5 Å². The minimum absolute atomic E-state index is 0.114. The molecule has 0 saturated heterocycles. The molecular formula is C31H38F2. The molecule has 0 aliphatic heterocycles. The first-order valence-corrected chi connectivity index (χ1v) is 13.1. The molecule has 4 rings (SSSR count). The molecule has 33 heavy (non-hydrogen) atoms. The Hall–Kier alpha value is -2.14. The molecule has 2 fully saturated rings. The SMILES string of the molecule is CCCCCCC1CC[C@@H]2C[C@H](c3cc(F)c(C#Cc4ccc(C)cc4)c(F)c3)CC[C@@H]2C1. The smallest absolute Gasteiger partial charge is 0.142 e. The molecule has 0 N–H and O–H groups in total. The summed E-state index contributed by atoms with van der Waals surface area (Å²) in [6, 6.07) is 10.8. The molecule has 176 valence electrons. The lowest BCUT2D eigenvalue weighted by atomic mass is 9.63. The lowest BCUT2D eigenvalue weighted by Gasteiger charge is -2.42. The zero-order valence-corrected chi connectivity index (χ0v) is 20.3. The lowest BCUT2D eigenvalue weighted by Crippen LogP contribution is -2.30. The number of halogens is 2. The van der Waals surface area contributed by atoms with E-state index in [-0.39, 0.29) is 11.5 Å². The van der Waals surface area contributed by atoms with E-state index in [0.29, 0.717) is 0 Å². The summed E-state index contributed by atoms with van der Waals surface area (Å²) in [7, 11) is 0. The largest absolute Gasteiger partial charge is 0.206 e. The van der Waals surface area contributed by atoms with E-state index in [9.17, 15) is 8.78 Å². The quantitative estimate of drug-likeness (QED) is 0.306. The van der Waals surface area contributed by atoms with Crippen LogP contribution in [0.5, 0.6) is 0 Å². The van der Waals surface area contributed by atoms with Gasteiger partial charge in [-0.2, -0.15) is 0 Å². The van der Waals surface area contributed by atoms with Crippen molar-refractivity contribution in [3.8, 4) is 11.8 Å². The van der Waals surface area contributed by atoms with Crippen molar-refractivity contribution in [3.63, 3.8) is 0 Å². The summed E-state index contributed by atoms with van der Waals surface area (Å²) in [4.78, 5) is 0. The summed E-state index contributed by atoms with van der Waals surface area (Å²) in [5.74, 6) is 7.29. The Bertz CT molecular complexity index is 955. The number of hydrogen-bond donors (Lipinski definition) is 0. The van der Waals surface area contributed by atoms with Gasteiger partial charge in [-0.1, -0.05) is 75.0 Å². The van der Waals surface area contributed by atoms with E-state index in [1.807, 2.05) is 31.2 Å². The highest BCUT2D eigenvalue weighted by Gasteiger charge is 2.36. The topological polar surface area (TPSA) is 0 Å². The Morgan fingerprint density at radius 2 is 1.52 bits per heavy atom. The van der Waals surface area contributed by atoms with Crippen LogP contribution >= 0.6 is 0 Å². The molecule has 0 bridgehead atoms. The van der Waals surface area contributed by atoms with Gasteiger partial charge < -0.3 is 0 Å². The average molecular weight is 449 g/mol. The van der Waals surface area contributed by atoms with Crippen LogP contribution < -0.4 is 0 Å². The van der Waals surface area contributed by atoms with Crippen LogP contribution in [0.1, 0.15) is 106 Å². The van der Waals surface area contributed by atoms with Gasteiger partial charge >= 0.3 is 0 Å². The van der Waals surface area contributed by atoms with Crippen LogP contribution in [0.25, 0.3) is 0 Å². The van der Waals surface area contributed by atoms with Crippen LogP contribution in [0.4, 0.5) is 8.78 Å². The standard InChI is InChI=1S/C31H38F2/c1-3-4-5-6-7-24-12-14-26-19-27(16-15-25(26)18-24)28-20-30(32)29(31(33)21-28)17-13-23-10-8-22(2)9-11-23/h8-11,20-21,24-27H,3-7,12,14-16,18-19H2,1-2H3/t24?,25-,26-,27-/m1/s1. The van der Waals surface area contributed by atoms with Gasteiger partial charge in [0.05, 0.1) is 5.56 Å². The zero-order chi connectivity index (χ0) is 23.2. The van der Waals surface area contributed by atoms with Gasteiger partial charge in [0.15, 0.2) is 0 Å². The summed E-state index contributed by atoms with van der Waals surface area (Å²) < 4.78 is 29.7. The second-order valence-electron chi connectivity index (χ2n) is 10.5. The molecule has 2 heteroatoms. The summed E-state index contributed by atoms with van der Waals surface area (Å²) in [6.07, 6.45) is 14.2. The Kier molecular flexibility index (Phi) is 8.24. The third-order valence-corrected chi connectivity index (χ3v) is 8.11. The fourth-order valence-corrected chi connectivity index (χ4v) is 6.13. The number of rotatable bonds is 6. The van der Waals surface area contributed by atoms with Crippen LogP contribution in [0, 0.1) is 48.2 Å². The monoisotopic (exact) mass is 448 g/mol. The van der Waals surface area contributed by atoms with Crippen molar-refractivity contribution in [2.75, 3.05) is 0 Å². The minimum Gasteiger partial charge on any atom is -0.206 e. The molecule has 2 aromatic carbocycles. The van der Waals surface area contributed by atoms with Crippen LogP contribution in [0.15, 0.2) is 36.4 Å². The predicted molar refractivity (Wildman–Crippen MR) is 133 cm³/mol. The zero-order valence-electron chi connectivity index (χ0n) is 20.3. The Labute approximate surface area is 199 Å². The Morgan fingerprint density at radius 1 is 0.818 bits per heavy atom. The molecular weight excluding hydrogens is 410 g/mol. The first kappa shape index (κ1) is 24.0. The molecule has 0 radical (unpaired) electrons. The lowest BCUT2D eigenvalue weighted by molar-refractivity contribution is 0.113. The maximum Gasteiger partial charge on any atom is 0.142 e. The molecule has 4 atom stereocenters. The van der Waals surface area contributed by atoms with Gasteiger partial charge in [0.1, 0.15) is 11.6 Å². The molecule has 2 aliphatic rings. The fraction of sp³-hybridized carbons (Fsp3) is 0.548. The summed E-state index contributed by atoms with van der Waals surface area (Å²) in [5, 5.41) is 0. The normalized spacial score (nSPS) is 24.6. The summed E-state index contributed by atoms with van der Waals surface area (Å²) in [5.41, 5.74) is 2.61. The van der Waals surface area contributed by atoms with Crippen molar-refractivity contribution in [2.24, 2.45) is 17.8 Å². The van der Waals surface area contributed by atoms with E-state index < -0.39 is 11.6 Å². The maximum absolute atomic E-state index is 14.8. The number of aryl methyl sites for hydroxylation is 1. The molecule has 0 nitrogen and oxygen atoms in total. The van der Waals surface area contributed by atoms with E-state index in [1.165, 1.54) is 57.8 Å². The van der Waals surface area contributed by atoms with Gasteiger partial charge in [0.25, 0.3) is 0 Å². The minimum atomic E-state index is -0.525. The van der Waals surface area contributed by atoms with Crippen molar-refractivity contribution in [1.29, 1.82) is 0 Å². The Morgan fingerprint density at radius 3 is 2.24 bits per heavy atom. The van der Waals surface area contributed by atoms with Gasteiger partial charge in [-0.15, -0.1) is 0 Å². The molecule has 2 aromatic rings. The van der Waals surface area contributed by atoms with Crippen LogP contribution in [-0.2, 0) is 0 Å². The van der Waals surface area contributed by atoms with Gasteiger partial charge in [-0.25, -0.2) is 8.78 Å². The van der Waals surface area contributed by atoms with Gasteiger partial charge in [-0.3, -0.25) is 0 Å². The highest BCUT2D eigenvalue weighted by Crippen LogP contribution is 2.48. The first-order valence-electron chi connectivity index (χ1n) is 13.1. The third kappa shape index (κ3) is 6.26. The molecule has 2 aliphatic carbocycles. The molecule has 0 heterocycles. The number of unbranched alkanes of at least 4 members (excludes halogenated alkanes) is 3. The van der Waals surface area contributed by atoms with E-state index in [1.54, 1.807) is 12.1 Å². The number of fused-ring (bicyclic) bond motifs is 1. The van der Waals surface area contributed by atoms with Gasteiger partial charge in [0.2, 0.25) is 0 Å². The van der Waals surface area contributed by atoms with E-state index in [2.05, 4.69) is 18.8 Å². The van der Waals surface area contributed by atoms with E-state index in [0.717, 1.165) is 47.3 Å². The number of hydrogen-bond acceptors (Lipinski definition) is 0. The van der Waals surface area contributed by atoms with Crippen LogP contribution in [0.2, 0.25) is 0 Å². The van der Waals surface area contributed by atoms with Crippen molar-refractivity contribution in [3.05, 3.63) is 70.3 Å². The predicted octanol–water partition coefficient (Wildman–Crippen LogP) is 8.94. The summed E-state index contributed by atoms with van der Waals surface area (Å²) >= 11 is 0. The summed E-state index contributed by atoms with van der Waals surface area (Å²) in [6.45, 7) is 4.27. The van der Waals surface area contributed by atoms with Crippen molar-refractivity contribution >= 4 is 0 Å². The van der Waals surface area contributed by atoms with Gasteiger partial charge in [0, 0.05) is 5.56 Å². The maximum atomic E-state index is 14.8. The highest BCUT2D eigenvalue weighted by atomic mass is 19.1. The Balaban J connectivity index is 1.37. The van der Waals surface area contributed by atoms with Crippen LogP contribution in [-0.4, -0.2) is 0 Å². The van der Waals surface area contributed by atoms with E-state index >= 15 is 0 Å². The fourth-order valence-electron chi connectivity index (χ4n) is 6.13. The second-order valence-corrected chi connectivity index (χ2v) is 10.5. The van der Waals surface area contributed by atoms with Crippen molar-refractivity contribution in [1.82, 2.24) is 0 Å². The number of benzene rings is 2. The van der Waals surface area contributed by atoms with Crippen LogP contribution in [0.3, 0.4) is 0 Å². The second kappa shape index (κ2) is 11.3. The molecule has 0 amide bonds. The first-order chi connectivity index (χ1) is 16.0. The molecule has 2 saturated carbocycles. The molecule has 0 aromatic heterocycles. The molecule has 0 spiro atoms.